The average molecular weight is 377 g/mol. The van der Waals surface area contributed by atoms with Crippen LogP contribution in [0.25, 0.3) is 11.1 Å². The molecule has 3 aromatic rings. The molecule has 3 N–H and O–H groups in total. The Kier molecular flexibility index (Phi) is 5.89. The monoisotopic (exact) mass is 377 g/mol. The van der Waals surface area contributed by atoms with Crippen molar-refractivity contribution in [2.45, 2.75) is 32.7 Å². The van der Waals surface area contributed by atoms with Gasteiger partial charge in [0, 0.05) is 17.7 Å². The van der Waals surface area contributed by atoms with Crippen LogP contribution in [0.2, 0.25) is 0 Å². The lowest BCUT2D eigenvalue weighted by Gasteiger charge is -2.15. The number of nitrogens with one attached hydrogen (secondary N) is 3. The van der Waals surface area contributed by atoms with Crippen LogP contribution in [-0.2, 0) is 11.2 Å². The molecule has 6 nitrogen and oxygen atoms in total. The van der Waals surface area contributed by atoms with E-state index in [0.29, 0.717) is 11.3 Å². The van der Waals surface area contributed by atoms with Crippen LogP contribution in [0, 0.1) is 6.92 Å². The molecule has 0 saturated heterocycles. The van der Waals surface area contributed by atoms with E-state index in [0.717, 1.165) is 16.7 Å². The zero-order chi connectivity index (χ0) is 20.1. The molecule has 0 aliphatic carbocycles. The van der Waals surface area contributed by atoms with Crippen LogP contribution < -0.4 is 16.6 Å². The molecule has 0 aliphatic rings. The van der Waals surface area contributed by atoms with E-state index in [9.17, 15) is 14.4 Å². The molecule has 6 heteroatoms. The van der Waals surface area contributed by atoms with Gasteiger partial charge in [0.25, 0.3) is 5.56 Å². The van der Waals surface area contributed by atoms with E-state index in [1.54, 1.807) is 6.92 Å². The minimum atomic E-state index is -0.539. The van der Waals surface area contributed by atoms with E-state index in [-0.39, 0.29) is 24.8 Å². The molecule has 28 heavy (non-hydrogen) atoms. The largest absolute Gasteiger partial charge is 0.350 e. The highest BCUT2D eigenvalue weighted by atomic mass is 16.2. The maximum Gasteiger partial charge on any atom is 0.325 e. The van der Waals surface area contributed by atoms with Gasteiger partial charge in [-0.15, -0.1) is 0 Å². The molecule has 144 valence electrons. The van der Waals surface area contributed by atoms with E-state index in [2.05, 4.69) is 27.4 Å². The van der Waals surface area contributed by atoms with Gasteiger partial charge in [-0.25, -0.2) is 4.79 Å². The lowest BCUT2D eigenvalue weighted by atomic mass is 10.0. The van der Waals surface area contributed by atoms with Crippen molar-refractivity contribution in [2.75, 3.05) is 0 Å². The fraction of sp³-hybridized carbons (Fsp3) is 0.227. The number of hydrogen-bond acceptors (Lipinski definition) is 3. The van der Waals surface area contributed by atoms with Crippen molar-refractivity contribution in [3.8, 4) is 11.1 Å². The van der Waals surface area contributed by atoms with Crippen LogP contribution in [0.3, 0.4) is 0 Å². The van der Waals surface area contributed by atoms with Crippen LogP contribution in [-0.4, -0.2) is 15.9 Å². The Hall–Kier alpha value is -3.41. The first-order valence-electron chi connectivity index (χ1n) is 9.21. The van der Waals surface area contributed by atoms with Crippen molar-refractivity contribution >= 4 is 5.91 Å². The van der Waals surface area contributed by atoms with Crippen LogP contribution in [0.15, 0.2) is 64.2 Å². The van der Waals surface area contributed by atoms with E-state index < -0.39 is 11.2 Å². The van der Waals surface area contributed by atoms with E-state index in [1.807, 2.05) is 49.4 Å². The van der Waals surface area contributed by atoms with Gasteiger partial charge in [-0.3, -0.25) is 14.6 Å². The van der Waals surface area contributed by atoms with Gasteiger partial charge < -0.3 is 10.3 Å². The van der Waals surface area contributed by atoms with Crippen molar-refractivity contribution in [1.82, 2.24) is 15.3 Å². The number of benzene rings is 2. The Balaban J connectivity index is 1.60. The quantitative estimate of drug-likeness (QED) is 0.616. The summed E-state index contributed by atoms with van der Waals surface area (Å²) in [7, 11) is 0. The van der Waals surface area contributed by atoms with Gasteiger partial charge in [0.2, 0.25) is 5.91 Å². The average Bonchev–Trinajstić information content (AvgIpc) is 2.68. The Morgan fingerprint density at radius 2 is 1.61 bits per heavy atom. The topological polar surface area (TPSA) is 94.8 Å². The minimum Gasteiger partial charge on any atom is -0.350 e. The molecule has 1 unspecified atom stereocenters. The van der Waals surface area contributed by atoms with Crippen molar-refractivity contribution in [2.24, 2.45) is 0 Å². The van der Waals surface area contributed by atoms with Crippen molar-refractivity contribution < 1.29 is 4.79 Å². The van der Waals surface area contributed by atoms with Gasteiger partial charge >= 0.3 is 5.69 Å². The van der Waals surface area contributed by atoms with Crippen LogP contribution in [0.5, 0.6) is 0 Å². The summed E-state index contributed by atoms with van der Waals surface area (Å²) in [4.78, 5) is 40.1. The molecule has 1 atom stereocenters. The van der Waals surface area contributed by atoms with E-state index >= 15 is 0 Å². The lowest BCUT2D eigenvalue weighted by Crippen LogP contribution is -2.30. The normalized spacial score (nSPS) is 11.8. The Bertz CT molecular complexity index is 1070. The van der Waals surface area contributed by atoms with Gasteiger partial charge in [-0.05, 0) is 37.0 Å². The SMILES string of the molecule is Cc1[nH]c(=O)[nH]c(=O)c1CCC(=O)NC(C)c1ccc(-c2ccccc2)cc1. The third-order valence-corrected chi connectivity index (χ3v) is 4.75. The minimum absolute atomic E-state index is 0.146. The predicted octanol–water partition coefficient (Wildman–Crippen LogP) is 2.85. The number of H-pyrrole nitrogens is 2. The van der Waals surface area contributed by atoms with Crippen molar-refractivity contribution in [3.63, 3.8) is 0 Å². The highest BCUT2D eigenvalue weighted by Gasteiger charge is 2.12. The molecule has 0 spiro atoms. The molecule has 1 aromatic heterocycles. The zero-order valence-electron chi connectivity index (χ0n) is 15.9. The summed E-state index contributed by atoms with van der Waals surface area (Å²) in [6.07, 6.45) is 0.436. The summed E-state index contributed by atoms with van der Waals surface area (Å²) >= 11 is 0. The fourth-order valence-corrected chi connectivity index (χ4v) is 3.16. The highest BCUT2D eigenvalue weighted by molar-refractivity contribution is 5.76. The third kappa shape index (κ3) is 4.65. The second-order valence-electron chi connectivity index (χ2n) is 6.79. The fourth-order valence-electron chi connectivity index (χ4n) is 3.16. The second-order valence-corrected chi connectivity index (χ2v) is 6.79. The molecule has 2 aromatic carbocycles. The zero-order valence-corrected chi connectivity index (χ0v) is 15.9. The number of carbonyl (C=O) groups excluding carboxylic acids is 1. The molecule has 0 bridgehead atoms. The number of aryl methyl sites for hydroxylation is 1. The molecule has 3 rings (SSSR count). The predicted molar refractivity (Wildman–Crippen MR) is 109 cm³/mol. The number of hydrogen-bond donors (Lipinski definition) is 3. The summed E-state index contributed by atoms with van der Waals surface area (Å²) in [5.74, 6) is -0.148. The summed E-state index contributed by atoms with van der Waals surface area (Å²) in [6, 6.07) is 18.0. The molecular formula is C22H23N3O3. The number of aromatic amines is 2. The maximum absolute atomic E-state index is 12.3. The summed E-state index contributed by atoms with van der Waals surface area (Å²) < 4.78 is 0. The standard InChI is InChI=1S/C22H23N3O3/c1-14(16-8-10-18(11-9-16)17-6-4-3-5-7-17)23-20(26)13-12-19-15(2)24-22(28)25-21(19)27/h3-11,14H,12-13H2,1-2H3,(H,23,26)(H2,24,25,27,28). The smallest absolute Gasteiger partial charge is 0.325 e. The van der Waals surface area contributed by atoms with E-state index in [1.165, 1.54) is 0 Å². The van der Waals surface area contributed by atoms with Gasteiger partial charge in [-0.2, -0.15) is 0 Å². The van der Waals surface area contributed by atoms with Crippen LogP contribution in [0.4, 0.5) is 0 Å². The molecule has 1 amide bonds. The number of aromatic nitrogens is 2. The Morgan fingerprint density at radius 1 is 0.964 bits per heavy atom. The molecular weight excluding hydrogens is 354 g/mol. The Morgan fingerprint density at radius 3 is 2.25 bits per heavy atom. The molecule has 0 radical (unpaired) electrons. The summed E-state index contributed by atoms with van der Waals surface area (Å²) in [6.45, 7) is 3.58. The number of carbonyl (C=O) groups is 1. The Labute approximate surface area is 162 Å². The molecule has 0 aliphatic heterocycles. The lowest BCUT2D eigenvalue weighted by molar-refractivity contribution is -0.121. The first kappa shape index (κ1) is 19.4. The molecule has 0 fully saturated rings. The third-order valence-electron chi connectivity index (χ3n) is 4.75. The van der Waals surface area contributed by atoms with Gasteiger partial charge in [0.15, 0.2) is 0 Å². The molecule has 1 heterocycles. The van der Waals surface area contributed by atoms with Crippen LogP contribution in [0.1, 0.15) is 36.2 Å². The first-order chi connectivity index (χ1) is 13.4. The van der Waals surface area contributed by atoms with E-state index in [4.69, 9.17) is 0 Å². The van der Waals surface area contributed by atoms with Gasteiger partial charge in [0.1, 0.15) is 0 Å². The van der Waals surface area contributed by atoms with Gasteiger partial charge in [-0.1, -0.05) is 54.6 Å². The highest BCUT2D eigenvalue weighted by Crippen LogP contribution is 2.21. The van der Waals surface area contributed by atoms with Crippen molar-refractivity contribution in [1.29, 1.82) is 0 Å². The summed E-state index contributed by atoms with van der Waals surface area (Å²) in [5.41, 5.74) is 3.21. The number of rotatable bonds is 6. The molecule has 0 saturated carbocycles. The second kappa shape index (κ2) is 8.52. The van der Waals surface area contributed by atoms with Crippen molar-refractivity contribution in [3.05, 3.63) is 92.3 Å². The van der Waals surface area contributed by atoms with Gasteiger partial charge in [0.05, 0.1) is 6.04 Å². The number of amides is 1. The maximum atomic E-state index is 12.3. The summed E-state index contributed by atoms with van der Waals surface area (Å²) in [5, 5.41) is 2.95. The first-order valence-corrected chi connectivity index (χ1v) is 9.21. The van der Waals surface area contributed by atoms with Crippen LogP contribution >= 0.6 is 0 Å².